The molecule has 2 aliphatic heterocycles. The van der Waals surface area contributed by atoms with Crippen LogP contribution in [0.1, 0.15) is 28.8 Å². The lowest BCUT2D eigenvalue weighted by Crippen LogP contribution is -2.32. The molecule has 1 N–H and O–H groups in total. The third-order valence-corrected chi connectivity index (χ3v) is 6.71. The first-order chi connectivity index (χ1) is 16.1. The van der Waals surface area contributed by atoms with Crippen molar-refractivity contribution in [2.45, 2.75) is 17.3 Å². The van der Waals surface area contributed by atoms with Gasteiger partial charge in [-0.3, -0.25) is 0 Å². The first-order valence-electron chi connectivity index (χ1n) is 10.4. The van der Waals surface area contributed by atoms with Crippen molar-refractivity contribution in [3.8, 4) is 5.75 Å². The van der Waals surface area contributed by atoms with Gasteiger partial charge in [-0.15, -0.1) is 5.10 Å². The van der Waals surface area contributed by atoms with Gasteiger partial charge in [0.2, 0.25) is 11.1 Å². The van der Waals surface area contributed by atoms with E-state index in [2.05, 4.69) is 15.4 Å². The van der Waals surface area contributed by atoms with Crippen molar-refractivity contribution in [2.24, 2.45) is 0 Å². The highest BCUT2D eigenvalue weighted by atomic mass is 35.5. The molecule has 3 heterocycles. The number of thioether (sulfide) groups is 1. The highest BCUT2D eigenvalue weighted by Gasteiger charge is 2.42. The standard InChI is InChI=1S/C25H18ClFN4OS/c1-33-25-29-24-28-21-17-7-3-5-9-19(17)32-23(14-10-12-15(26)13-11-14)20(21)22(31(24)30-25)16-6-2-4-8-18(16)27/h2-13,22-23H,1H3,(H,28,29,30)/t22-,23+/m0/s1. The number of hydrogen-bond acceptors (Lipinski definition) is 5. The van der Waals surface area contributed by atoms with Crippen molar-refractivity contribution in [3.05, 3.63) is 106 Å². The summed E-state index contributed by atoms with van der Waals surface area (Å²) in [5, 5.41) is 9.40. The van der Waals surface area contributed by atoms with Crippen LogP contribution in [-0.2, 0) is 0 Å². The maximum atomic E-state index is 15.2. The van der Waals surface area contributed by atoms with E-state index in [1.54, 1.807) is 16.8 Å². The zero-order chi connectivity index (χ0) is 22.5. The number of anilines is 1. The SMILES string of the molecule is CSc1nc2n(n1)[C@@H](c1ccccc1F)C1=C(N2)c2ccccc2O[C@@H]1c1ccc(Cl)cc1. The Morgan fingerprint density at radius 3 is 2.58 bits per heavy atom. The van der Waals surface area contributed by atoms with Gasteiger partial charge in [0.15, 0.2) is 0 Å². The van der Waals surface area contributed by atoms with Gasteiger partial charge in [0, 0.05) is 21.7 Å². The maximum absolute atomic E-state index is 15.2. The molecule has 0 spiro atoms. The molecule has 0 bridgehead atoms. The van der Waals surface area contributed by atoms with Crippen LogP contribution in [-0.4, -0.2) is 21.0 Å². The van der Waals surface area contributed by atoms with Gasteiger partial charge in [0.05, 0.1) is 5.70 Å². The third kappa shape index (κ3) is 3.31. The average Bonchev–Trinajstić information content (AvgIpc) is 3.26. The van der Waals surface area contributed by atoms with Gasteiger partial charge in [0.25, 0.3) is 0 Å². The topological polar surface area (TPSA) is 52.0 Å². The monoisotopic (exact) mass is 476 g/mol. The van der Waals surface area contributed by atoms with Crippen LogP contribution >= 0.6 is 23.4 Å². The van der Waals surface area contributed by atoms with Gasteiger partial charge >= 0.3 is 0 Å². The Bertz CT molecular complexity index is 1400. The molecule has 0 unspecified atom stereocenters. The number of ether oxygens (including phenoxy) is 1. The van der Waals surface area contributed by atoms with E-state index >= 15 is 4.39 Å². The first-order valence-corrected chi connectivity index (χ1v) is 12.0. The molecular weight excluding hydrogens is 459 g/mol. The second-order valence-electron chi connectivity index (χ2n) is 7.79. The lowest BCUT2D eigenvalue weighted by molar-refractivity contribution is 0.222. The fraction of sp³-hybridized carbons (Fsp3) is 0.120. The summed E-state index contributed by atoms with van der Waals surface area (Å²) in [5.74, 6) is 1.00. The zero-order valence-corrected chi connectivity index (χ0v) is 19.1. The van der Waals surface area contributed by atoms with E-state index in [9.17, 15) is 0 Å². The second-order valence-corrected chi connectivity index (χ2v) is 9.00. The van der Waals surface area contributed by atoms with Crippen LogP contribution in [0.5, 0.6) is 5.75 Å². The van der Waals surface area contributed by atoms with Gasteiger partial charge < -0.3 is 10.1 Å². The van der Waals surface area contributed by atoms with E-state index in [1.807, 2.05) is 60.9 Å². The summed E-state index contributed by atoms with van der Waals surface area (Å²) in [5.41, 5.74) is 4.05. The molecule has 2 atom stereocenters. The number of benzene rings is 3. The summed E-state index contributed by atoms with van der Waals surface area (Å²) in [6.07, 6.45) is 1.45. The molecule has 2 aliphatic rings. The van der Waals surface area contributed by atoms with Crippen molar-refractivity contribution in [3.63, 3.8) is 0 Å². The van der Waals surface area contributed by atoms with Crippen LogP contribution in [0.15, 0.2) is 83.5 Å². The van der Waals surface area contributed by atoms with Gasteiger partial charge in [-0.25, -0.2) is 9.07 Å². The summed E-state index contributed by atoms with van der Waals surface area (Å²) in [4.78, 5) is 4.64. The van der Waals surface area contributed by atoms with Crippen LogP contribution in [0.25, 0.3) is 5.70 Å². The van der Waals surface area contributed by atoms with Crippen molar-refractivity contribution in [2.75, 3.05) is 11.6 Å². The highest BCUT2D eigenvalue weighted by Crippen LogP contribution is 2.51. The fourth-order valence-electron chi connectivity index (χ4n) is 4.45. The summed E-state index contributed by atoms with van der Waals surface area (Å²) >= 11 is 7.60. The van der Waals surface area contributed by atoms with Crippen LogP contribution in [0, 0.1) is 5.82 Å². The molecule has 4 aromatic rings. The summed E-state index contributed by atoms with van der Waals surface area (Å²) in [7, 11) is 0. The number of hydrogen-bond donors (Lipinski definition) is 1. The van der Waals surface area contributed by atoms with Crippen LogP contribution < -0.4 is 10.1 Å². The maximum Gasteiger partial charge on any atom is 0.227 e. The summed E-state index contributed by atoms with van der Waals surface area (Å²) < 4.78 is 23.5. The number of aromatic nitrogens is 3. The Morgan fingerprint density at radius 1 is 1.03 bits per heavy atom. The smallest absolute Gasteiger partial charge is 0.227 e. The molecule has 0 fully saturated rings. The fourth-order valence-corrected chi connectivity index (χ4v) is 4.93. The van der Waals surface area contributed by atoms with Crippen LogP contribution in [0.4, 0.5) is 10.3 Å². The van der Waals surface area contributed by atoms with Gasteiger partial charge in [-0.05, 0) is 42.2 Å². The van der Waals surface area contributed by atoms with Crippen LogP contribution in [0.2, 0.25) is 5.02 Å². The van der Waals surface area contributed by atoms with E-state index in [-0.39, 0.29) is 5.82 Å². The van der Waals surface area contributed by atoms with Crippen LogP contribution in [0.3, 0.4) is 0 Å². The lowest BCUT2D eigenvalue weighted by Gasteiger charge is -2.39. The minimum atomic E-state index is -0.542. The Hall–Kier alpha value is -3.29. The van der Waals surface area contributed by atoms with Gasteiger partial charge in [0.1, 0.15) is 23.7 Å². The molecule has 164 valence electrons. The predicted octanol–water partition coefficient (Wildman–Crippen LogP) is 6.35. The molecule has 0 amide bonds. The minimum Gasteiger partial charge on any atom is -0.480 e. The van der Waals surface area contributed by atoms with Crippen molar-refractivity contribution < 1.29 is 9.13 Å². The number of fused-ring (bicyclic) bond motifs is 3. The Balaban J connectivity index is 1.65. The van der Waals surface area contributed by atoms with Crippen molar-refractivity contribution in [1.29, 1.82) is 0 Å². The largest absolute Gasteiger partial charge is 0.480 e. The van der Waals surface area contributed by atoms with E-state index in [4.69, 9.17) is 16.3 Å². The molecule has 6 rings (SSSR count). The number of halogens is 2. The average molecular weight is 477 g/mol. The molecule has 8 heteroatoms. The highest BCUT2D eigenvalue weighted by molar-refractivity contribution is 7.98. The minimum absolute atomic E-state index is 0.308. The normalized spacial score (nSPS) is 18.6. The zero-order valence-electron chi connectivity index (χ0n) is 17.5. The molecule has 1 aromatic heterocycles. The molecular formula is C25H18ClFN4OS. The van der Waals surface area contributed by atoms with Gasteiger partial charge in [-0.1, -0.05) is 65.8 Å². The van der Waals surface area contributed by atoms with E-state index in [1.165, 1.54) is 17.8 Å². The number of nitrogens with one attached hydrogen (secondary N) is 1. The Kier molecular flexibility index (Phi) is 4.89. The molecule has 5 nitrogen and oxygen atoms in total. The molecule has 3 aromatic carbocycles. The quantitative estimate of drug-likeness (QED) is 0.349. The van der Waals surface area contributed by atoms with Gasteiger partial charge in [-0.2, -0.15) is 4.98 Å². The predicted molar refractivity (Wildman–Crippen MR) is 128 cm³/mol. The Morgan fingerprint density at radius 2 is 1.79 bits per heavy atom. The summed E-state index contributed by atoms with van der Waals surface area (Å²) in [6, 6.07) is 21.6. The molecule has 0 saturated carbocycles. The number of para-hydroxylation sites is 1. The molecule has 0 aliphatic carbocycles. The van der Waals surface area contributed by atoms with Crippen molar-refractivity contribution >= 4 is 35.0 Å². The number of nitrogens with zero attached hydrogens (tertiary/aromatic N) is 3. The molecule has 33 heavy (non-hydrogen) atoms. The first kappa shape index (κ1) is 20.3. The molecule has 0 saturated heterocycles. The number of rotatable bonds is 3. The second kappa shape index (κ2) is 7.93. The third-order valence-electron chi connectivity index (χ3n) is 5.92. The van der Waals surface area contributed by atoms with E-state index in [0.717, 1.165) is 28.1 Å². The Labute approximate surface area is 199 Å². The van der Waals surface area contributed by atoms with E-state index in [0.29, 0.717) is 21.7 Å². The van der Waals surface area contributed by atoms with E-state index < -0.39 is 12.1 Å². The summed E-state index contributed by atoms with van der Waals surface area (Å²) in [6.45, 7) is 0. The van der Waals surface area contributed by atoms with Crippen molar-refractivity contribution in [1.82, 2.24) is 14.8 Å². The lowest BCUT2D eigenvalue weighted by atomic mass is 9.84. The molecule has 0 radical (unpaired) electrons.